The molecule has 228 valence electrons. The first-order valence-corrected chi connectivity index (χ1v) is 16.5. The highest BCUT2D eigenvalue weighted by molar-refractivity contribution is 8.19. The van der Waals surface area contributed by atoms with Crippen LogP contribution < -0.4 is 15.5 Å². The van der Waals surface area contributed by atoms with Crippen LogP contribution in [-0.2, 0) is 16.1 Å². The quantitative estimate of drug-likeness (QED) is 0.318. The van der Waals surface area contributed by atoms with Crippen LogP contribution >= 0.6 is 23.5 Å². The number of piperazine rings is 1. The number of hydrogen-bond acceptors (Lipinski definition) is 9. The lowest BCUT2D eigenvalue weighted by Gasteiger charge is -2.31. The number of benzene rings is 3. The van der Waals surface area contributed by atoms with E-state index in [-0.39, 0.29) is 11.8 Å². The first kappa shape index (κ1) is 30.3. The van der Waals surface area contributed by atoms with Crippen LogP contribution in [0, 0.1) is 0 Å². The largest absolute Gasteiger partial charge is 0.384 e. The van der Waals surface area contributed by atoms with Gasteiger partial charge in [-0.2, -0.15) is 0 Å². The van der Waals surface area contributed by atoms with Crippen molar-refractivity contribution in [2.24, 2.45) is 4.99 Å². The van der Waals surface area contributed by atoms with Crippen molar-refractivity contribution >= 4 is 63.3 Å². The van der Waals surface area contributed by atoms with Gasteiger partial charge in [-0.1, -0.05) is 54.2 Å². The minimum atomic E-state index is -0.0682. The maximum absolute atomic E-state index is 14.1. The molecule has 0 saturated carbocycles. The Bertz CT molecular complexity index is 1600. The summed E-state index contributed by atoms with van der Waals surface area (Å²) in [7, 11) is 4.11. The first-order chi connectivity index (χ1) is 21.4. The molecule has 0 spiro atoms. The Morgan fingerprint density at radius 3 is 2.43 bits per heavy atom. The third-order valence-corrected chi connectivity index (χ3v) is 10.2. The number of nitrogens with one attached hydrogen (secondary N) is 2. The van der Waals surface area contributed by atoms with Crippen molar-refractivity contribution in [2.75, 3.05) is 68.9 Å². The summed E-state index contributed by atoms with van der Waals surface area (Å²) >= 11 is 3.01. The summed E-state index contributed by atoms with van der Waals surface area (Å²) in [5.74, 6) is -0.116. The van der Waals surface area contributed by atoms with E-state index >= 15 is 0 Å². The van der Waals surface area contributed by atoms with Crippen molar-refractivity contribution in [1.29, 1.82) is 0 Å². The van der Waals surface area contributed by atoms with Gasteiger partial charge in [0, 0.05) is 50.4 Å². The summed E-state index contributed by atoms with van der Waals surface area (Å²) in [5.41, 5.74) is 4.29. The molecule has 3 heterocycles. The topological polar surface area (TPSA) is 83.5 Å². The standard InChI is InChI=1S/C33H37N7O2S2/c1-4-34-25-15-14-24(35-29(41)22-39-18-16-37(2)17-19-39)20-26(25)36-33-40(21-23-10-6-5-7-11-23)31(42)30(44-33)32-38(3)27-12-8-9-13-28(27)43-32/h5-15,20,34H,4,16-19,21-22H2,1-3H3,(H,35,41)/b32-30-,36-33?. The van der Waals surface area contributed by atoms with Gasteiger partial charge in [-0.3, -0.25) is 19.4 Å². The average molecular weight is 628 g/mol. The van der Waals surface area contributed by atoms with Crippen LogP contribution in [0.4, 0.5) is 22.7 Å². The van der Waals surface area contributed by atoms with Crippen molar-refractivity contribution in [2.45, 2.75) is 18.4 Å². The Morgan fingerprint density at radius 1 is 0.932 bits per heavy atom. The van der Waals surface area contributed by atoms with Gasteiger partial charge >= 0.3 is 0 Å². The van der Waals surface area contributed by atoms with E-state index in [0.29, 0.717) is 41.1 Å². The highest BCUT2D eigenvalue weighted by Crippen LogP contribution is 2.50. The number of nitrogens with zero attached hydrogens (tertiary/aromatic N) is 5. The van der Waals surface area contributed by atoms with Crippen molar-refractivity contribution in [3.8, 4) is 0 Å². The summed E-state index contributed by atoms with van der Waals surface area (Å²) in [6.07, 6.45) is 0. The van der Waals surface area contributed by atoms with Gasteiger partial charge in [0.25, 0.3) is 5.91 Å². The van der Waals surface area contributed by atoms with Crippen LogP contribution in [0.2, 0.25) is 0 Å². The number of amidine groups is 1. The van der Waals surface area contributed by atoms with Crippen molar-refractivity contribution in [3.05, 3.63) is 88.3 Å². The summed E-state index contributed by atoms with van der Waals surface area (Å²) in [5, 5.41) is 7.97. The third kappa shape index (κ3) is 6.66. The Labute approximate surface area is 267 Å². The van der Waals surface area contributed by atoms with E-state index < -0.39 is 0 Å². The minimum absolute atomic E-state index is 0.0478. The number of para-hydroxylation sites is 1. The fraction of sp³-hybridized carbons (Fsp3) is 0.303. The van der Waals surface area contributed by atoms with Gasteiger partial charge in [-0.05, 0) is 61.6 Å². The van der Waals surface area contributed by atoms with E-state index in [1.54, 1.807) is 16.7 Å². The zero-order chi connectivity index (χ0) is 30.6. The molecule has 3 aliphatic rings. The van der Waals surface area contributed by atoms with E-state index in [9.17, 15) is 9.59 Å². The van der Waals surface area contributed by atoms with Gasteiger partial charge in [-0.15, -0.1) is 0 Å². The van der Waals surface area contributed by atoms with Gasteiger partial charge in [-0.25, -0.2) is 4.99 Å². The second-order valence-corrected chi connectivity index (χ2v) is 13.0. The van der Waals surface area contributed by atoms with E-state index in [1.807, 2.05) is 74.6 Å². The van der Waals surface area contributed by atoms with E-state index in [2.05, 4.69) is 44.5 Å². The molecule has 0 atom stereocenters. The van der Waals surface area contributed by atoms with Gasteiger partial charge in [0.1, 0.15) is 4.91 Å². The predicted octanol–water partition coefficient (Wildman–Crippen LogP) is 5.48. The third-order valence-electron chi connectivity index (χ3n) is 7.81. The Morgan fingerprint density at radius 2 is 1.68 bits per heavy atom. The zero-order valence-electron chi connectivity index (χ0n) is 25.2. The number of hydrogen-bond donors (Lipinski definition) is 2. The summed E-state index contributed by atoms with van der Waals surface area (Å²) < 4.78 is 0. The molecule has 0 radical (unpaired) electrons. The molecule has 0 aromatic heterocycles. The fourth-order valence-electron chi connectivity index (χ4n) is 5.38. The molecule has 2 fully saturated rings. The molecule has 44 heavy (non-hydrogen) atoms. The van der Waals surface area contributed by atoms with E-state index in [0.717, 1.165) is 53.0 Å². The van der Waals surface area contributed by atoms with E-state index in [1.165, 1.54) is 11.8 Å². The van der Waals surface area contributed by atoms with Gasteiger partial charge < -0.3 is 20.4 Å². The second kappa shape index (κ2) is 13.5. The van der Waals surface area contributed by atoms with E-state index in [4.69, 9.17) is 4.99 Å². The van der Waals surface area contributed by atoms with Gasteiger partial charge in [0.15, 0.2) is 5.17 Å². The zero-order valence-corrected chi connectivity index (χ0v) is 26.9. The smallest absolute Gasteiger partial charge is 0.269 e. The number of amides is 2. The number of likely N-dealkylation sites (N-methyl/N-ethyl adjacent to an activating group) is 1. The Hall–Kier alpha value is -3.77. The molecule has 3 aliphatic heterocycles. The highest BCUT2D eigenvalue weighted by atomic mass is 32.2. The van der Waals surface area contributed by atoms with Crippen LogP contribution in [0.25, 0.3) is 0 Å². The molecule has 2 saturated heterocycles. The number of rotatable bonds is 8. The normalized spacial score (nSPS) is 20.0. The number of aliphatic imine (C=N–C) groups is 1. The van der Waals surface area contributed by atoms with Crippen molar-refractivity contribution < 1.29 is 9.59 Å². The SMILES string of the molecule is CCNc1ccc(NC(=O)CN2CCN(C)CC2)cc1N=C1S/C(=C2\Sc3ccccc3N2C)C(=O)N1Cc1ccccc1. The lowest BCUT2D eigenvalue weighted by atomic mass is 10.2. The molecule has 2 N–H and O–H groups in total. The minimum Gasteiger partial charge on any atom is -0.384 e. The molecule has 11 heteroatoms. The fourth-order valence-corrected chi connectivity index (χ4v) is 7.71. The maximum atomic E-state index is 14.1. The molecule has 9 nitrogen and oxygen atoms in total. The molecule has 2 amide bonds. The maximum Gasteiger partial charge on any atom is 0.269 e. The highest BCUT2D eigenvalue weighted by Gasteiger charge is 2.39. The van der Waals surface area contributed by atoms with Crippen LogP contribution in [0.5, 0.6) is 0 Å². The second-order valence-electron chi connectivity index (χ2n) is 11.0. The molecule has 3 aromatic rings. The molecule has 0 unspecified atom stereocenters. The number of carbonyl (C=O) groups is 2. The van der Waals surface area contributed by atoms with Crippen LogP contribution in [-0.4, -0.2) is 85.0 Å². The molecular formula is C33H37N7O2S2. The number of fused-ring (bicyclic) bond motifs is 1. The summed E-state index contributed by atoms with van der Waals surface area (Å²) in [6, 6.07) is 23.9. The molecule has 0 bridgehead atoms. The van der Waals surface area contributed by atoms with Crippen LogP contribution in [0.1, 0.15) is 12.5 Å². The Kier molecular flexibility index (Phi) is 9.27. The first-order valence-electron chi connectivity index (χ1n) is 14.9. The lowest BCUT2D eigenvalue weighted by molar-refractivity contribution is -0.122. The van der Waals surface area contributed by atoms with Gasteiger partial charge in [0.05, 0.1) is 35.2 Å². The monoisotopic (exact) mass is 627 g/mol. The predicted molar refractivity (Wildman–Crippen MR) is 183 cm³/mol. The molecule has 6 rings (SSSR count). The number of anilines is 3. The van der Waals surface area contributed by atoms with Crippen molar-refractivity contribution in [3.63, 3.8) is 0 Å². The molecular weight excluding hydrogens is 591 g/mol. The van der Waals surface area contributed by atoms with Crippen LogP contribution in [0.3, 0.4) is 0 Å². The summed E-state index contributed by atoms with van der Waals surface area (Å²) in [6.45, 7) is 7.17. The number of carbonyl (C=O) groups excluding carboxylic acids is 2. The average Bonchev–Trinajstić information content (AvgIpc) is 3.51. The molecule has 3 aromatic carbocycles. The lowest BCUT2D eigenvalue weighted by Crippen LogP contribution is -2.47. The van der Waals surface area contributed by atoms with Crippen LogP contribution in [0.15, 0.2) is 92.6 Å². The molecule has 0 aliphatic carbocycles. The Balaban J connectivity index is 1.31. The summed E-state index contributed by atoms with van der Waals surface area (Å²) in [4.78, 5) is 42.2. The number of thioether (sulfide) groups is 2. The van der Waals surface area contributed by atoms with Crippen molar-refractivity contribution in [1.82, 2.24) is 14.7 Å². The van der Waals surface area contributed by atoms with Gasteiger partial charge in [0.2, 0.25) is 5.91 Å².